The Hall–Kier alpha value is -2.47. The van der Waals surface area contributed by atoms with E-state index in [1.165, 1.54) is 15.6 Å². The van der Waals surface area contributed by atoms with Gasteiger partial charge in [0, 0.05) is 26.1 Å². The summed E-state index contributed by atoms with van der Waals surface area (Å²) in [7, 11) is -2.42. The Balaban J connectivity index is 1.49. The third-order valence-electron chi connectivity index (χ3n) is 5.63. The summed E-state index contributed by atoms with van der Waals surface area (Å²) in [4.78, 5) is 19.3. The van der Waals surface area contributed by atoms with Crippen molar-refractivity contribution in [1.29, 1.82) is 0 Å². The fourth-order valence-corrected chi connectivity index (χ4v) is 6.29. The average Bonchev–Trinajstić information content (AvgIpc) is 3.25. The van der Waals surface area contributed by atoms with E-state index in [1.807, 2.05) is 24.3 Å². The van der Waals surface area contributed by atoms with Gasteiger partial charge in [-0.25, -0.2) is 22.2 Å². The number of thiazole rings is 1. The third kappa shape index (κ3) is 4.91. The molecule has 2 heterocycles. The molecule has 1 aliphatic heterocycles. The average molecular weight is 496 g/mol. The minimum Gasteiger partial charge on any atom is -0.383 e. The maximum atomic E-state index is 13.6. The molecule has 1 aromatic heterocycles. The predicted molar refractivity (Wildman–Crippen MR) is 122 cm³/mol. The van der Waals surface area contributed by atoms with Crippen LogP contribution < -0.4 is 4.90 Å². The highest BCUT2D eigenvalue weighted by atomic mass is 32.2. The summed E-state index contributed by atoms with van der Waals surface area (Å²) >= 11 is 1.42. The lowest BCUT2D eigenvalue weighted by Crippen LogP contribution is -2.45. The third-order valence-corrected chi connectivity index (χ3v) is 8.58. The first kappa shape index (κ1) is 23.7. The number of halogens is 2. The van der Waals surface area contributed by atoms with E-state index in [-0.39, 0.29) is 29.8 Å². The summed E-state index contributed by atoms with van der Waals surface area (Å²) in [5.41, 5.74) is 0.806. The van der Waals surface area contributed by atoms with Crippen LogP contribution in [0, 0.1) is 17.6 Å². The lowest BCUT2D eigenvalue weighted by Gasteiger charge is -2.33. The van der Waals surface area contributed by atoms with Crippen LogP contribution >= 0.6 is 11.3 Å². The van der Waals surface area contributed by atoms with E-state index < -0.39 is 21.7 Å². The first-order chi connectivity index (χ1) is 15.8. The minimum atomic E-state index is -3.98. The Labute approximate surface area is 194 Å². The molecular weight excluding hydrogens is 472 g/mol. The smallest absolute Gasteiger partial charge is 0.243 e. The molecule has 0 saturated carbocycles. The van der Waals surface area contributed by atoms with Crippen LogP contribution in [0.25, 0.3) is 10.2 Å². The van der Waals surface area contributed by atoms with Gasteiger partial charge in [-0.1, -0.05) is 23.5 Å². The van der Waals surface area contributed by atoms with Gasteiger partial charge in [-0.15, -0.1) is 0 Å². The second kappa shape index (κ2) is 9.80. The number of aromatic nitrogens is 1. The zero-order valence-electron chi connectivity index (χ0n) is 17.9. The Bertz CT molecular complexity index is 1220. The van der Waals surface area contributed by atoms with Crippen LogP contribution in [-0.2, 0) is 19.6 Å². The number of fused-ring (bicyclic) bond motifs is 1. The highest BCUT2D eigenvalue weighted by Gasteiger charge is 2.35. The molecule has 1 saturated heterocycles. The first-order valence-electron chi connectivity index (χ1n) is 10.4. The van der Waals surface area contributed by atoms with Gasteiger partial charge in [0.05, 0.1) is 28.3 Å². The van der Waals surface area contributed by atoms with Gasteiger partial charge in [0.2, 0.25) is 15.9 Å². The summed E-state index contributed by atoms with van der Waals surface area (Å²) in [5, 5.41) is 0.579. The van der Waals surface area contributed by atoms with Gasteiger partial charge >= 0.3 is 0 Å². The van der Waals surface area contributed by atoms with Crippen molar-refractivity contribution in [3.05, 3.63) is 54.1 Å². The van der Waals surface area contributed by atoms with Crippen molar-refractivity contribution < 1.29 is 26.7 Å². The number of rotatable bonds is 7. The molecular formula is C22H23F2N3O4S2. The van der Waals surface area contributed by atoms with Gasteiger partial charge in [0.15, 0.2) is 16.8 Å². The van der Waals surface area contributed by atoms with Crippen LogP contribution in [-0.4, -0.2) is 57.0 Å². The van der Waals surface area contributed by atoms with Gasteiger partial charge in [0.1, 0.15) is 0 Å². The van der Waals surface area contributed by atoms with Crippen molar-refractivity contribution in [2.24, 2.45) is 5.92 Å². The summed E-state index contributed by atoms with van der Waals surface area (Å²) in [6, 6.07) is 10.1. The molecule has 1 fully saturated rings. The number of ether oxygens (including phenoxy) is 1. The summed E-state index contributed by atoms with van der Waals surface area (Å²) in [6.45, 7) is 0.888. The molecule has 3 aromatic rings. The van der Waals surface area contributed by atoms with Crippen molar-refractivity contribution in [3.8, 4) is 0 Å². The first-order valence-corrected chi connectivity index (χ1v) is 12.7. The monoisotopic (exact) mass is 495 g/mol. The van der Waals surface area contributed by atoms with Crippen LogP contribution in [0.1, 0.15) is 12.8 Å². The van der Waals surface area contributed by atoms with Crippen molar-refractivity contribution >= 4 is 42.6 Å². The summed E-state index contributed by atoms with van der Waals surface area (Å²) < 4.78 is 59.8. The number of hydrogen-bond acceptors (Lipinski definition) is 6. The molecule has 0 bridgehead atoms. The predicted octanol–water partition coefficient (Wildman–Crippen LogP) is 3.65. The highest BCUT2D eigenvalue weighted by Crippen LogP contribution is 2.32. The number of hydrogen-bond donors (Lipinski definition) is 0. The van der Waals surface area contributed by atoms with E-state index >= 15 is 0 Å². The van der Waals surface area contributed by atoms with Gasteiger partial charge in [-0.3, -0.25) is 9.69 Å². The molecule has 1 aliphatic rings. The Kier molecular flexibility index (Phi) is 7.03. The van der Waals surface area contributed by atoms with E-state index in [0.717, 1.165) is 22.3 Å². The number of carbonyl (C=O) groups is 1. The number of carbonyl (C=O) groups excluding carboxylic acids is 1. The van der Waals surface area contributed by atoms with Gasteiger partial charge < -0.3 is 4.74 Å². The Morgan fingerprint density at radius 2 is 1.91 bits per heavy atom. The fraction of sp³-hybridized carbons (Fsp3) is 0.364. The van der Waals surface area contributed by atoms with Gasteiger partial charge in [-0.05, 0) is 43.2 Å². The highest BCUT2D eigenvalue weighted by molar-refractivity contribution is 7.89. The van der Waals surface area contributed by atoms with Crippen molar-refractivity contribution in [2.45, 2.75) is 17.7 Å². The SMILES string of the molecule is COCCN(C(=O)C1CCN(S(=O)(=O)c2ccc(F)c(F)c2)CC1)c1nc2ccccc2s1. The molecule has 33 heavy (non-hydrogen) atoms. The van der Waals surface area contributed by atoms with E-state index in [0.29, 0.717) is 37.2 Å². The zero-order chi connectivity index (χ0) is 23.6. The molecule has 0 aliphatic carbocycles. The Morgan fingerprint density at radius 1 is 1.18 bits per heavy atom. The summed E-state index contributed by atoms with van der Waals surface area (Å²) in [6.07, 6.45) is 0.631. The molecule has 176 valence electrons. The van der Waals surface area contributed by atoms with Crippen LogP contribution in [0.4, 0.5) is 13.9 Å². The second-order valence-corrected chi connectivity index (χ2v) is 10.6. The minimum absolute atomic E-state index is 0.107. The summed E-state index contributed by atoms with van der Waals surface area (Å²) in [5.74, 6) is -2.84. The maximum Gasteiger partial charge on any atom is 0.243 e. The van der Waals surface area contributed by atoms with Crippen molar-refractivity contribution in [1.82, 2.24) is 9.29 Å². The molecule has 0 spiro atoms. The molecule has 4 rings (SSSR count). The van der Waals surface area contributed by atoms with E-state index in [9.17, 15) is 22.0 Å². The largest absolute Gasteiger partial charge is 0.383 e. The molecule has 0 N–H and O–H groups in total. The van der Waals surface area contributed by atoms with Crippen LogP contribution in [0.5, 0.6) is 0 Å². The molecule has 0 unspecified atom stereocenters. The number of amides is 1. The number of nitrogens with zero attached hydrogens (tertiary/aromatic N) is 3. The Morgan fingerprint density at radius 3 is 2.58 bits per heavy atom. The van der Waals surface area contributed by atoms with Gasteiger partial charge in [0.25, 0.3) is 0 Å². The van der Waals surface area contributed by atoms with E-state index in [1.54, 1.807) is 12.0 Å². The number of methoxy groups -OCH3 is 1. The normalized spacial score (nSPS) is 15.7. The zero-order valence-corrected chi connectivity index (χ0v) is 19.5. The number of anilines is 1. The number of sulfonamides is 1. The van der Waals surface area contributed by atoms with E-state index in [2.05, 4.69) is 4.98 Å². The van der Waals surface area contributed by atoms with E-state index in [4.69, 9.17) is 4.74 Å². The van der Waals surface area contributed by atoms with Crippen LogP contribution in [0.15, 0.2) is 47.4 Å². The molecule has 11 heteroatoms. The topological polar surface area (TPSA) is 79.8 Å². The molecule has 1 amide bonds. The maximum absolute atomic E-state index is 13.6. The molecule has 0 radical (unpaired) electrons. The van der Waals surface area contributed by atoms with Crippen molar-refractivity contribution in [2.75, 3.05) is 38.3 Å². The number of benzene rings is 2. The van der Waals surface area contributed by atoms with Crippen LogP contribution in [0.3, 0.4) is 0 Å². The quantitative estimate of drug-likeness (QED) is 0.500. The molecule has 2 aromatic carbocycles. The second-order valence-electron chi connectivity index (χ2n) is 7.70. The van der Waals surface area contributed by atoms with Crippen LogP contribution in [0.2, 0.25) is 0 Å². The van der Waals surface area contributed by atoms with Crippen molar-refractivity contribution in [3.63, 3.8) is 0 Å². The number of piperidine rings is 1. The molecule has 0 atom stereocenters. The van der Waals surface area contributed by atoms with Gasteiger partial charge in [-0.2, -0.15) is 4.31 Å². The fourth-order valence-electron chi connectivity index (χ4n) is 3.81. The standard InChI is InChI=1S/C22H23F2N3O4S2/c1-31-13-12-27(22-25-19-4-2-3-5-20(19)32-22)21(28)15-8-10-26(11-9-15)33(29,30)16-6-7-17(23)18(24)14-16/h2-7,14-15H,8-13H2,1H3. The lowest BCUT2D eigenvalue weighted by molar-refractivity contribution is -0.123. The number of para-hydroxylation sites is 1. The molecule has 7 nitrogen and oxygen atoms in total. The lowest BCUT2D eigenvalue weighted by atomic mass is 9.96.